The van der Waals surface area contributed by atoms with Crippen molar-refractivity contribution in [3.05, 3.63) is 48.5 Å². The highest BCUT2D eigenvalue weighted by molar-refractivity contribution is 7.89. The van der Waals surface area contributed by atoms with Gasteiger partial charge < -0.3 is 15.6 Å². The van der Waals surface area contributed by atoms with Crippen LogP contribution < -0.4 is 10.6 Å². The number of benzene rings is 2. The monoisotopic (exact) mass is 424 g/mol. The summed E-state index contributed by atoms with van der Waals surface area (Å²) >= 11 is 0. The molecule has 2 saturated heterocycles. The van der Waals surface area contributed by atoms with E-state index in [4.69, 9.17) is 5.73 Å². The van der Waals surface area contributed by atoms with Gasteiger partial charge in [0.05, 0.1) is 4.90 Å². The number of sulfonamides is 1. The number of nitrogens with two attached hydrogens (primary N) is 1. The fourth-order valence-electron chi connectivity index (χ4n) is 4.50. The third-order valence-corrected chi connectivity index (χ3v) is 8.44. The summed E-state index contributed by atoms with van der Waals surface area (Å²) in [6.07, 6.45) is 1.98. The molecule has 2 atom stereocenters. The van der Waals surface area contributed by atoms with Gasteiger partial charge >= 0.3 is 0 Å². The summed E-state index contributed by atoms with van der Waals surface area (Å²) in [4.78, 5) is 6.19. The normalized spacial score (nSPS) is 21.1. The fourth-order valence-corrected chi connectivity index (χ4v) is 6.04. The van der Waals surface area contributed by atoms with Gasteiger partial charge in [0.2, 0.25) is 10.0 Å². The summed E-state index contributed by atoms with van der Waals surface area (Å²) in [6.45, 7) is 5.10. The summed E-state index contributed by atoms with van der Waals surface area (Å²) in [5.74, 6) is 0.449. The Labute approximate surface area is 177 Å². The first-order valence-corrected chi connectivity index (χ1v) is 12.1. The van der Waals surface area contributed by atoms with Crippen LogP contribution in [0.4, 0.5) is 5.69 Å². The molecule has 3 N–H and O–H groups in total. The van der Waals surface area contributed by atoms with Gasteiger partial charge in [-0.15, -0.1) is 0 Å². The molecule has 0 amide bonds. The molecule has 2 aliphatic rings. The molecule has 3 heterocycles. The van der Waals surface area contributed by atoms with Gasteiger partial charge in [0.25, 0.3) is 0 Å². The molecule has 7 heteroatoms. The molecular weight excluding hydrogens is 396 g/mol. The number of rotatable bonds is 5. The molecular formula is C23H28N4O2S. The van der Waals surface area contributed by atoms with Crippen LogP contribution in [-0.4, -0.2) is 49.9 Å². The van der Waals surface area contributed by atoms with Gasteiger partial charge in [-0.05, 0) is 56.0 Å². The molecule has 0 aliphatic carbocycles. The first kappa shape index (κ1) is 19.6. The van der Waals surface area contributed by atoms with Crippen molar-refractivity contribution < 1.29 is 8.42 Å². The van der Waals surface area contributed by atoms with E-state index in [1.165, 1.54) is 0 Å². The second-order valence-electron chi connectivity index (χ2n) is 8.56. The lowest BCUT2D eigenvalue weighted by Gasteiger charge is -2.30. The van der Waals surface area contributed by atoms with E-state index in [1.807, 2.05) is 30.3 Å². The van der Waals surface area contributed by atoms with Gasteiger partial charge in [-0.1, -0.05) is 18.2 Å². The van der Waals surface area contributed by atoms with Crippen LogP contribution in [0.5, 0.6) is 0 Å². The minimum Gasteiger partial charge on any atom is -0.371 e. The molecule has 2 fully saturated rings. The highest BCUT2D eigenvalue weighted by Gasteiger charge is 2.32. The maximum Gasteiger partial charge on any atom is 0.243 e. The van der Waals surface area contributed by atoms with Gasteiger partial charge in [0.15, 0.2) is 0 Å². The Kier molecular flexibility index (Phi) is 4.84. The van der Waals surface area contributed by atoms with Crippen LogP contribution in [0.3, 0.4) is 0 Å². The highest BCUT2D eigenvalue weighted by Crippen LogP contribution is 2.38. The van der Waals surface area contributed by atoms with Crippen LogP contribution >= 0.6 is 0 Å². The van der Waals surface area contributed by atoms with Gasteiger partial charge in [0.1, 0.15) is 0 Å². The fraction of sp³-hybridized carbons (Fsp3) is 0.391. The number of fused-ring (bicyclic) bond motifs is 1. The molecule has 1 aromatic heterocycles. The van der Waals surface area contributed by atoms with E-state index >= 15 is 0 Å². The number of aromatic amines is 1. The van der Waals surface area contributed by atoms with Crippen molar-refractivity contribution in [3.8, 4) is 11.3 Å². The number of H-pyrrole nitrogens is 1. The van der Waals surface area contributed by atoms with Crippen LogP contribution in [0.25, 0.3) is 22.2 Å². The zero-order valence-electron chi connectivity index (χ0n) is 17.2. The molecule has 0 spiro atoms. The Morgan fingerprint density at radius 3 is 2.57 bits per heavy atom. The Balaban J connectivity index is 1.61. The number of nitrogens with zero attached hydrogens (tertiary/aromatic N) is 2. The lowest BCUT2D eigenvalue weighted by molar-refractivity contribution is 0.309. The molecule has 0 saturated carbocycles. The average Bonchev–Trinajstić information content (AvgIpc) is 3.33. The standard InChI is InChI=1S/C23H28N4O2S/c1-16(24)18-9-12-26(15-18)23-8-7-19(30(28,29)27-10-4-11-27)14-20(23)22-13-17-5-2-3-6-21(17)25-22/h2-3,5-8,13-14,16,18,25H,4,9-12,15,24H2,1H3. The van der Waals surface area contributed by atoms with Gasteiger partial charge in [-0.2, -0.15) is 4.31 Å². The number of hydrogen-bond acceptors (Lipinski definition) is 4. The van der Waals surface area contributed by atoms with Crippen LogP contribution in [-0.2, 0) is 10.0 Å². The highest BCUT2D eigenvalue weighted by atomic mass is 32.2. The van der Waals surface area contributed by atoms with E-state index in [1.54, 1.807) is 10.4 Å². The lowest BCUT2D eigenvalue weighted by Crippen LogP contribution is -2.41. The number of para-hydroxylation sites is 1. The molecule has 30 heavy (non-hydrogen) atoms. The second-order valence-corrected chi connectivity index (χ2v) is 10.5. The molecule has 0 bridgehead atoms. The van der Waals surface area contributed by atoms with E-state index in [2.05, 4.69) is 28.9 Å². The quantitative estimate of drug-likeness (QED) is 0.658. The molecule has 0 radical (unpaired) electrons. The predicted octanol–water partition coefficient (Wildman–Crippen LogP) is 3.40. The summed E-state index contributed by atoms with van der Waals surface area (Å²) in [6, 6.07) is 15.9. The first-order valence-electron chi connectivity index (χ1n) is 10.7. The van der Waals surface area contributed by atoms with Crippen LogP contribution in [0.1, 0.15) is 19.8 Å². The van der Waals surface area contributed by atoms with E-state index in [0.717, 1.165) is 53.8 Å². The van der Waals surface area contributed by atoms with E-state index in [-0.39, 0.29) is 6.04 Å². The van der Waals surface area contributed by atoms with E-state index in [0.29, 0.717) is 23.9 Å². The number of anilines is 1. The van der Waals surface area contributed by atoms with Crippen molar-refractivity contribution in [2.75, 3.05) is 31.1 Å². The maximum atomic E-state index is 13.0. The topological polar surface area (TPSA) is 82.4 Å². The zero-order valence-corrected chi connectivity index (χ0v) is 18.0. The largest absolute Gasteiger partial charge is 0.371 e. The summed E-state index contributed by atoms with van der Waals surface area (Å²) in [5.41, 5.74) is 10.1. The Bertz CT molecular complexity index is 1150. The summed E-state index contributed by atoms with van der Waals surface area (Å²) in [5, 5.41) is 1.12. The minimum atomic E-state index is -3.45. The molecule has 2 unspecified atom stereocenters. The van der Waals surface area contributed by atoms with Crippen molar-refractivity contribution in [2.45, 2.75) is 30.7 Å². The van der Waals surface area contributed by atoms with Crippen molar-refractivity contribution >= 4 is 26.6 Å². The van der Waals surface area contributed by atoms with E-state index < -0.39 is 10.0 Å². The summed E-state index contributed by atoms with van der Waals surface area (Å²) < 4.78 is 27.6. The molecule has 3 aromatic rings. The average molecular weight is 425 g/mol. The molecule has 6 nitrogen and oxygen atoms in total. The first-order chi connectivity index (χ1) is 14.4. The van der Waals surface area contributed by atoms with E-state index in [9.17, 15) is 8.42 Å². The third kappa shape index (κ3) is 3.31. The molecule has 2 aliphatic heterocycles. The third-order valence-electron chi connectivity index (χ3n) is 6.55. The van der Waals surface area contributed by atoms with Gasteiger partial charge in [-0.3, -0.25) is 0 Å². The minimum absolute atomic E-state index is 0.151. The molecule has 2 aromatic carbocycles. The molecule has 5 rings (SSSR count). The van der Waals surface area contributed by atoms with Crippen LogP contribution in [0.15, 0.2) is 53.4 Å². The van der Waals surface area contributed by atoms with Crippen molar-refractivity contribution in [2.24, 2.45) is 11.7 Å². The number of aromatic nitrogens is 1. The van der Waals surface area contributed by atoms with Crippen molar-refractivity contribution in [1.29, 1.82) is 0 Å². The molecule has 158 valence electrons. The SMILES string of the molecule is CC(N)C1CCN(c2ccc(S(=O)(=O)N3CCC3)cc2-c2cc3ccccc3[nH]2)C1. The predicted molar refractivity (Wildman–Crippen MR) is 121 cm³/mol. The lowest BCUT2D eigenvalue weighted by atomic mass is 10.0. The van der Waals surface area contributed by atoms with Crippen molar-refractivity contribution in [1.82, 2.24) is 9.29 Å². The Morgan fingerprint density at radius 2 is 1.90 bits per heavy atom. The van der Waals surface area contributed by atoms with Gasteiger partial charge in [-0.25, -0.2) is 8.42 Å². The smallest absolute Gasteiger partial charge is 0.243 e. The van der Waals surface area contributed by atoms with Crippen LogP contribution in [0.2, 0.25) is 0 Å². The second kappa shape index (κ2) is 7.41. The number of nitrogens with one attached hydrogen (secondary N) is 1. The van der Waals surface area contributed by atoms with Crippen LogP contribution in [0, 0.1) is 5.92 Å². The van der Waals surface area contributed by atoms with Crippen molar-refractivity contribution in [3.63, 3.8) is 0 Å². The zero-order chi connectivity index (χ0) is 20.9. The summed E-state index contributed by atoms with van der Waals surface area (Å²) in [7, 11) is -3.45. The van der Waals surface area contributed by atoms with Gasteiger partial charge in [0, 0.05) is 60.1 Å². The Morgan fingerprint density at radius 1 is 1.10 bits per heavy atom. The number of hydrogen-bond donors (Lipinski definition) is 2. The maximum absolute atomic E-state index is 13.0. The Hall–Kier alpha value is -2.35.